The molecular formula is C18H28N6OS. The van der Waals surface area contributed by atoms with Gasteiger partial charge in [0.15, 0.2) is 5.96 Å². The normalized spacial score (nSPS) is 11.4. The largest absolute Gasteiger partial charge is 0.497 e. The van der Waals surface area contributed by atoms with Crippen molar-refractivity contribution in [2.45, 2.75) is 26.4 Å². The van der Waals surface area contributed by atoms with Crippen molar-refractivity contribution < 1.29 is 4.74 Å². The molecule has 0 spiro atoms. The molecule has 1 aromatic carbocycles. The van der Waals surface area contributed by atoms with Crippen molar-refractivity contribution in [1.82, 2.24) is 25.4 Å². The number of ether oxygens (including phenoxy) is 1. The van der Waals surface area contributed by atoms with Gasteiger partial charge in [-0.1, -0.05) is 19.1 Å². The number of nitrogens with one attached hydrogen (secondary N) is 2. The van der Waals surface area contributed by atoms with Crippen molar-refractivity contribution in [2.24, 2.45) is 4.99 Å². The van der Waals surface area contributed by atoms with Gasteiger partial charge in [-0.3, -0.25) is 0 Å². The molecule has 0 aliphatic heterocycles. The minimum absolute atomic E-state index is 0.617. The van der Waals surface area contributed by atoms with Gasteiger partial charge in [-0.05, 0) is 24.0 Å². The van der Waals surface area contributed by atoms with Crippen molar-refractivity contribution in [2.75, 3.05) is 32.2 Å². The molecule has 0 fully saturated rings. The Hall–Kier alpha value is -2.22. The second-order valence-electron chi connectivity index (χ2n) is 5.65. The van der Waals surface area contributed by atoms with Crippen molar-refractivity contribution in [3.05, 3.63) is 42.0 Å². The van der Waals surface area contributed by atoms with Gasteiger partial charge in [0.2, 0.25) is 0 Å². The molecule has 2 N–H and O–H groups in total. The number of guanidine groups is 1. The Balaban J connectivity index is 1.90. The number of aliphatic imine (C=N–C) groups is 1. The molecule has 7 nitrogen and oxygen atoms in total. The van der Waals surface area contributed by atoms with Gasteiger partial charge in [0.25, 0.3) is 0 Å². The molecule has 8 heteroatoms. The van der Waals surface area contributed by atoms with Crippen LogP contribution >= 0.6 is 11.8 Å². The Bertz CT molecular complexity index is 671. The fourth-order valence-electron chi connectivity index (χ4n) is 2.38. The van der Waals surface area contributed by atoms with E-state index in [1.807, 2.05) is 36.0 Å². The van der Waals surface area contributed by atoms with Gasteiger partial charge in [0, 0.05) is 31.8 Å². The summed E-state index contributed by atoms with van der Waals surface area (Å²) in [6.45, 7) is 5.15. The molecule has 0 bridgehead atoms. The average Bonchev–Trinajstić information content (AvgIpc) is 3.13. The molecule has 0 amide bonds. The zero-order chi connectivity index (χ0) is 18.6. The topological polar surface area (TPSA) is 76.4 Å². The second-order valence-corrected chi connectivity index (χ2v) is 6.64. The molecule has 1 aromatic heterocycles. The Morgan fingerprint density at radius 3 is 2.69 bits per heavy atom. The molecule has 0 unspecified atom stereocenters. The Kier molecular flexibility index (Phi) is 8.82. The summed E-state index contributed by atoms with van der Waals surface area (Å²) < 4.78 is 7.26. The van der Waals surface area contributed by atoms with E-state index in [9.17, 15) is 0 Å². The van der Waals surface area contributed by atoms with Crippen molar-refractivity contribution >= 4 is 17.7 Å². The summed E-state index contributed by atoms with van der Waals surface area (Å²) in [6, 6.07) is 7.98. The predicted molar refractivity (Wildman–Crippen MR) is 108 cm³/mol. The van der Waals surface area contributed by atoms with Gasteiger partial charge in [-0.25, -0.2) is 4.99 Å². The number of nitrogens with zero attached hydrogens (tertiary/aromatic N) is 4. The van der Waals surface area contributed by atoms with E-state index in [2.05, 4.69) is 43.6 Å². The van der Waals surface area contributed by atoms with E-state index in [4.69, 9.17) is 4.74 Å². The Morgan fingerprint density at radius 2 is 2.00 bits per heavy atom. The smallest absolute Gasteiger partial charge is 0.191 e. The highest BCUT2D eigenvalue weighted by Crippen LogP contribution is 2.11. The molecule has 2 rings (SSSR count). The van der Waals surface area contributed by atoms with Crippen molar-refractivity contribution in [3.8, 4) is 5.75 Å². The molecule has 26 heavy (non-hydrogen) atoms. The average molecular weight is 377 g/mol. The van der Waals surface area contributed by atoms with E-state index >= 15 is 0 Å². The summed E-state index contributed by atoms with van der Waals surface area (Å²) in [5, 5.41) is 14.8. The van der Waals surface area contributed by atoms with Crippen LogP contribution < -0.4 is 15.4 Å². The maximum Gasteiger partial charge on any atom is 0.191 e. The van der Waals surface area contributed by atoms with Crippen LogP contribution in [0.3, 0.4) is 0 Å². The van der Waals surface area contributed by atoms with E-state index in [1.165, 1.54) is 0 Å². The summed E-state index contributed by atoms with van der Waals surface area (Å²) in [5.74, 6) is 3.71. The van der Waals surface area contributed by atoms with E-state index in [1.54, 1.807) is 13.4 Å². The van der Waals surface area contributed by atoms with Gasteiger partial charge >= 0.3 is 0 Å². The third-order valence-electron chi connectivity index (χ3n) is 3.83. The quantitative estimate of drug-likeness (QED) is 0.375. The molecule has 2 aromatic rings. The van der Waals surface area contributed by atoms with Gasteiger partial charge in [0.05, 0.1) is 13.7 Å². The van der Waals surface area contributed by atoms with Gasteiger partial charge in [-0.15, -0.1) is 10.2 Å². The lowest BCUT2D eigenvalue weighted by atomic mass is 10.2. The fourth-order valence-corrected chi connectivity index (χ4v) is 2.69. The number of hydrogen-bond donors (Lipinski definition) is 2. The highest BCUT2D eigenvalue weighted by atomic mass is 32.2. The Labute approximate surface area is 159 Å². The maximum absolute atomic E-state index is 5.19. The molecule has 0 aliphatic carbocycles. The first-order valence-corrected chi connectivity index (χ1v) is 10.2. The summed E-state index contributed by atoms with van der Waals surface area (Å²) in [4.78, 5) is 4.69. The molecule has 1 heterocycles. The first-order valence-electron chi connectivity index (χ1n) is 8.77. The van der Waals surface area contributed by atoms with E-state index in [-0.39, 0.29) is 0 Å². The second kappa shape index (κ2) is 11.4. The van der Waals surface area contributed by atoms with Crippen LogP contribution in [0, 0.1) is 0 Å². The van der Waals surface area contributed by atoms with Gasteiger partial charge < -0.3 is 19.9 Å². The highest BCUT2D eigenvalue weighted by molar-refractivity contribution is 7.98. The minimum atomic E-state index is 0.617. The number of aryl methyl sites for hydroxylation is 1. The van der Waals surface area contributed by atoms with Crippen molar-refractivity contribution in [1.29, 1.82) is 0 Å². The van der Waals surface area contributed by atoms with Gasteiger partial charge in [0.1, 0.15) is 17.9 Å². The van der Waals surface area contributed by atoms with Crippen LogP contribution in [-0.4, -0.2) is 52.9 Å². The monoisotopic (exact) mass is 376 g/mol. The maximum atomic E-state index is 5.19. The third kappa shape index (κ3) is 6.59. The summed E-state index contributed by atoms with van der Waals surface area (Å²) in [6.07, 6.45) is 4.75. The van der Waals surface area contributed by atoms with E-state index < -0.39 is 0 Å². The number of thioether (sulfide) groups is 1. The molecule has 142 valence electrons. The fraction of sp³-hybridized carbons (Fsp3) is 0.500. The molecule has 0 radical (unpaired) electrons. The predicted octanol–water partition coefficient (Wildman–Crippen LogP) is 1.95. The lowest BCUT2D eigenvalue weighted by Crippen LogP contribution is -2.40. The number of hydrogen-bond acceptors (Lipinski definition) is 5. The van der Waals surface area contributed by atoms with Crippen LogP contribution in [0.25, 0.3) is 0 Å². The SMILES string of the molecule is CCc1nncn1CCNC(=NCc1ccc(OC)cc1)NCCSC. The number of benzene rings is 1. The zero-order valence-corrected chi connectivity index (χ0v) is 16.6. The van der Waals surface area contributed by atoms with E-state index in [0.717, 1.165) is 54.9 Å². The molecule has 0 saturated carbocycles. The highest BCUT2D eigenvalue weighted by Gasteiger charge is 2.03. The Morgan fingerprint density at radius 1 is 1.23 bits per heavy atom. The van der Waals surface area contributed by atoms with E-state index in [0.29, 0.717) is 6.54 Å². The third-order valence-corrected chi connectivity index (χ3v) is 4.45. The molecule has 0 atom stereocenters. The number of rotatable bonds is 10. The molecular weight excluding hydrogens is 348 g/mol. The molecule has 0 aliphatic rings. The first kappa shape index (κ1) is 20.1. The number of methoxy groups -OCH3 is 1. The summed E-state index contributed by atoms with van der Waals surface area (Å²) in [5.41, 5.74) is 1.14. The van der Waals surface area contributed by atoms with Crippen molar-refractivity contribution in [3.63, 3.8) is 0 Å². The summed E-state index contributed by atoms with van der Waals surface area (Å²) in [7, 11) is 1.67. The zero-order valence-electron chi connectivity index (χ0n) is 15.7. The van der Waals surface area contributed by atoms with Crippen LogP contribution in [0.2, 0.25) is 0 Å². The van der Waals surface area contributed by atoms with Crippen LogP contribution in [0.15, 0.2) is 35.6 Å². The number of aromatic nitrogens is 3. The first-order chi connectivity index (χ1) is 12.8. The molecule has 0 saturated heterocycles. The van der Waals surface area contributed by atoms with Crippen LogP contribution in [-0.2, 0) is 19.5 Å². The standard InChI is InChI=1S/C18H28N6OS/c1-4-17-23-22-14-24(17)11-9-19-18(20-10-12-26-3)21-13-15-5-7-16(25-2)8-6-15/h5-8,14H,4,9-13H2,1-3H3,(H2,19,20,21). The lowest BCUT2D eigenvalue weighted by molar-refractivity contribution is 0.414. The van der Waals surface area contributed by atoms with Crippen LogP contribution in [0.5, 0.6) is 5.75 Å². The minimum Gasteiger partial charge on any atom is -0.497 e. The summed E-state index contributed by atoms with van der Waals surface area (Å²) >= 11 is 1.81. The van der Waals surface area contributed by atoms with Crippen LogP contribution in [0.4, 0.5) is 0 Å². The van der Waals surface area contributed by atoms with Gasteiger partial charge in [-0.2, -0.15) is 11.8 Å². The van der Waals surface area contributed by atoms with Crippen LogP contribution in [0.1, 0.15) is 18.3 Å². The lowest BCUT2D eigenvalue weighted by Gasteiger charge is -2.13.